The molecule has 0 saturated heterocycles. The first kappa shape index (κ1) is 15.0. The summed E-state index contributed by atoms with van der Waals surface area (Å²) in [7, 11) is 4.82. The summed E-state index contributed by atoms with van der Waals surface area (Å²) >= 11 is 0. The molecule has 0 aliphatic rings. The predicted octanol–water partition coefficient (Wildman–Crippen LogP) is 2.61. The molecule has 1 aromatic carbocycles. The van der Waals surface area contributed by atoms with Crippen molar-refractivity contribution in [3.05, 3.63) is 47.9 Å². The van der Waals surface area contributed by atoms with Gasteiger partial charge in [0.05, 0.1) is 20.5 Å². The van der Waals surface area contributed by atoms with Crippen LogP contribution in [-0.4, -0.2) is 38.6 Å². The Morgan fingerprint density at radius 2 is 1.81 bits per heavy atom. The lowest BCUT2D eigenvalue weighted by molar-refractivity contribution is 0.0788. The number of amides is 1. The van der Waals surface area contributed by atoms with Gasteiger partial charge in [0.2, 0.25) is 0 Å². The van der Waals surface area contributed by atoms with Crippen LogP contribution >= 0.6 is 0 Å². The third-order valence-corrected chi connectivity index (χ3v) is 3.26. The van der Waals surface area contributed by atoms with E-state index < -0.39 is 0 Å². The largest absolute Gasteiger partial charge is 0.496 e. The van der Waals surface area contributed by atoms with Crippen LogP contribution in [0.2, 0.25) is 0 Å². The molecule has 0 aliphatic heterocycles. The van der Waals surface area contributed by atoms with Gasteiger partial charge in [-0.15, -0.1) is 0 Å². The van der Waals surface area contributed by atoms with Crippen LogP contribution in [-0.2, 0) is 6.42 Å². The maximum absolute atomic E-state index is 12.6. The van der Waals surface area contributed by atoms with Gasteiger partial charge in [0.1, 0.15) is 22.8 Å². The molecule has 0 radical (unpaired) electrons. The zero-order valence-electron chi connectivity index (χ0n) is 12.5. The average Bonchev–Trinajstić information content (AvgIpc) is 3.04. The number of methoxy groups -OCH3 is 2. The van der Waals surface area contributed by atoms with Crippen LogP contribution in [0.4, 0.5) is 0 Å². The average molecular weight is 289 g/mol. The molecule has 5 heteroatoms. The molecule has 0 saturated carbocycles. The van der Waals surface area contributed by atoms with Crippen LogP contribution in [0.5, 0.6) is 11.5 Å². The third kappa shape index (κ3) is 3.37. The van der Waals surface area contributed by atoms with Crippen molar-refractivity contribution in [1.29, 1.82) is 0 Å². The van der Waals surface area contributed by atoms with E-state index in [1.165, 1.54) is 14.2 Å². The molecule has 0 aliphatic carbocycles. The molecule has 21 heavy (non-hydrogen) atoms. The van der Waals surface area contributed by atoms with E-state index in [1.54, 1.807) is 36.4 Å². The number of ether oxygens (including phenoxy) is 2. The number of nitrogens with zero attached hydrogens (tertiary/aromatic N) is 1. The highest BCUT2D eigenvalue weighted by Gasteiger charge is 2.21. The Morgan fingerprint density at radius 3 is 2.33 bits per heavy atom. The van der Waals surface area contributed by atoms with Crippen molar-refractivity contribution in [2.24, 2.45) is 0 Å². The maximum atomic E-state index is 12.6. The minimum Gasteiger partial charge on any atom is -0.496 e. The Hall–Kier alpha value is -2.43. The van der Waals surface area contributed by atoms with Gasteiger partial charge in [-0.05, 0) is 24.3 Å². The smallest absolute Gasteiger partial charge is 0.261 e. The van der Waals surface area contributed by atoms with E-state index in [4.69, 9.17) is 13.9 Å². The molecule has 1 heterocycles. The summed E-state index contributed by atoms with van der Waals surface area (Å²) in [5, 5.41) is 0. The summed E-state index contributed by atoms with van der Waals surface area (Å²) in [5.74, 6) is 1.71. The number of carbonyl (C=O) groups is 1. The molecule has 1 aromatic heterocycles. The number of furan rings is 1. The van der Waals surface area contributed by atoms with Crippen molar-refractivity contribution < 1.29 is 18.7 Å². The molecule has 1 amide bonds. The molecular formula is C16H19NO4. The van der Waals surface area contributed by atoms with E-state index in [0.29, 0.717) is 30.0 Å². The molecule has 0 fully saturated rings. The zero-order valence-corrected chi connectivity index (χ0v) is 12.5. The lowest BCUT2D eigenvalue weighted by atomic mass is 10.1. The zero-order chi connectivity index (χ0) is 15.2. The molecule has 0 bridgehead atoms. The van der Waals surface area contributed by atoms with Gasteiger partial charge in [-0.1, -0.05) is 6.07 Å². The molecular weight excluding hydrogens is 270 g/mol. The highest BCUT2D eigenvalue weighted by atomic mass is 16.5. The van der Waals surface area contributed by atoms with Crippen LogP contribution in [0, 0.1) is 0 Å². The second-order valence-corrected chi connectivity index (χ2v) is 4.59. The van der Waals surface area contributed by atoms with Crippen LogP contribution in [0.25, 0.3) is 0 Å². The van der Waals surface area contributed by atoms with E-state index >= 15 is 0 Å². The number of rotatable bonds is 6. The highest BCUT2D eigenvalue weighted by molar-refractivity contribution is 5.99. The van der Waals surface area contributed by atoms with Gasteiger partial charge in [0.25, 0.3) is 5.91 Å². The summed E-state index contributed by atoms with van der Waals surface area (Å²) in [5.41, 5.74) is 0.435. The molecule has 2 rings (SSSR count). The lowest BCUT2D eigenvalue weighted by Gasteiger charge is -2.19. The van der Waals surface area contributed by atoms with Crippen molar-refractivity contribution in [1.82, 2.24) is 4.90 Å². The number of benzene rings is 1. The molecule has 5 nitrogen and oxygen atoms in total. The highest BCUT2D eigenvalue weighted by Crippen LogP contribution is 2.29. The van der Waals surface area contributed by atoms with Gasteiger partial charge in [-0.3, -0.25) is 4.79 Å². The normalized spacial score (nSPS) is 10.2. The molecule has 2 aromatic rings. The second-order valence-electron chi connectivity index (χ2n) is 4.59. The standard InChI is InChI=1S/C16H19NO4/c1-17(10-9-12-6-5-11-21-12)16(18)15-13(19-2)7-4-8-14(15)20-3/h4-8,11H,9-10H2,1-3H3. The topological polar surface area (TPSA) is 51.9 Å². The van der Waals surface area contributed by atoms with Crippen molar-refractivity contribution in [2.45, 2.75) is 6.42 Å². The molecule has 0 atom stereocenters. The van der Waals surface area contributed by atoms with E-state index in [9.17, 15) is 4.79 Å². The van der Waals surface area contributed by atoms with Gasteiger partial charge in [-0.2, -0.15) is 0 Å². The van der Waals surface area contributed by atoms with Crippen LogP contribution in [0.15, 0.2) is 41.0 Å². The fourth-order valence-corrected chi connectivity index (χ4v) is 2.09. The molecule has 0 unspecified atom stereocenters. The lowest BCUT2D eigenvalue weighted by Crippen LogP contribution is -2.29. The Balaban J connectivity index is 2.15. The monoisotopic (exact) mass is 289 g/mol. The first-order valence-electron chi connectivity index (χ1n) is 6.66. The number of likely N-dealkylation sites (N-methyl/N-ethyl adjacent to an activating group) is 1. The van der Waals surface area contributed by atoms with Gasteiger partial charge >= 0.3 is 0 Å². The first-order valence-corrected chi connectivity index (χ1v) is 6.66. The summed E-state index contributed by atoms with van der Waals surface area (Å²) in [6, 6.07) is 9.01. The van der Waals surface area contributed by atoms with Crippen molar-refractivity contribution in [3.8, 4) is 11.5 Å². The number of carbonyl (C=O) groups excluding carboxylic acids is 1. The minimum atomic E-state index is -0.143. The minimum absolute atomic E-state index is 0.143. The van der Waals surface area contributed by atoms with Crippen molar-refractivity contribution in [3.63, 3.8) is 0 Å². The second kappa shape index (κ2) is 6.83. The Bertz CT molecular complexity index is 570. The summed E-state index contributed by atoms with van der Waals surface area (Å²) in [6.45, 7) is 0.549. The Kier molecular flexibility index (Phi) is 4.87. The van der Waals surface area contributed by atoms with Crippen molar-refractivity contribution in [2.75, 3.05) is 27.8 Å². The summed E-state index contributed by atoms with van der Waals surface area (Å²) in [4.78, 5) is 14.2. The molecule has 112 valence electrons. The number of hydrogen-bond acceptors (Lipinski definition) is 4. The molecule has 0 spiro atoms. The molecule has 0 N–H and O–H groups in total. The predicted molar refractivity (Wildman–Crippen MR) is 78.9 cm³/mol. The number of hydrogen-bond donors (Lipinski definition) is 0. The van der Waals surface area contributed by atoms with Crippen molar-refractivity contribution >= 4 is 5.91 Å². The fraction of sp³-hybridized carbons (Fsp3) is 0.312. The quantitative estimate of drug-likeness (QED) is 0.820. The Labute approximate surface area is 124 Å². The van der Waals surface area contributed by atoms with Crippen LogP contribution < -0.4 is 9.47 Å². The van der Waals surface area contributed by atoms with Crippen LogP contribution in [0.3, 0.4) is 0 Å². The van der Waals surface area contributed by atoms with E-state index in [-0.39, 0.29) is 5.91 Å². The first-order chi connectivity index (χ1) is 10.2. The van der Waals surface area contributed by atoms with E-state index in [1.807, 2.05) is 12.1 Å². The maximum Gasteiger partial charge on any atom is 0.261 e. The third-order valence-electron chi connectivity index (χ3n) is 3.26. The van der Waals surface area contributed by atoms with Gasteiger partial charge in [-0.25, -0.2) is 0 Å². The summed E-state index contributed by atoms with van der Waals surface area (Å²) < 4.78 is 15.8. The van der Waals surface area contributed by atoms with E-state index in [0.717, 1.165) is 5.76 Å². The SMILES string of the molecule is COc1cccc(OC)c1C(=O)N(C)CCc1ccco1. The summed E-state index contributed by atoms with van der Waals surface area (Å²) in [6.07, 6.45) is 2.28. The van der Waals surface area contributed by atoms with Gasteiger partial charge in [0.15, 0.2) is 0 Å². The van der Waals surface area contributed by atoms with Crippen LogP contribution in [0.1, 0.15) is 16.1 Å². The van der Waals surface area contributed by atoms with E-state index in [2.05, 4.69) is 0 Å². The fourth-order valence-electron chi connectivity index (χ4n) is 2.09. The van der Waals surface area contributed by atoms with Gasteiger partial charge < -0.3 is 18.8 Å². The van der Waals surface area contributed by atoms with Gasteiger partial charge in [0, 0.05) is 20.0 Å². The Morgan fingerprint density at radius 1 is 1.14 bits per heavy atom.